The molecule has 0 spiro atoms. The van der Waals surface area contributed by atoms with Crippen LogP contribution in [0.2, 0.25) is 0 Å². The molecule has 1 unspecified atom stereocenters. The number of aliphatic hydroxyl groups is 1. The van der Waals surface area contributed by atoms with Crippen LogP contribution >= 0.6 is 12.8 Å². The van der Waals surface area contributed by atoms with Crippen molar-refractivity contribution in [3.8, 4) is 0 Å². The molecule has 10 N–H and O–H groups in total. The molecule has 1 aliphatic rings. The fourth-order valence-electron chi connectivity index (χ4n) is 8.23. The molecular formula is C49H90N6O13S. The summed E-state index contributed by atoms with van der Waals surface area (Å²) >= 11 is 3.78. The largest absolute Gasteiger partial charge is 0.481 e. The van der Waals surface area contributed by atoms with Crippen molar-refractivity contribution in [2.45, 2.75) is 205 Å². The van der Waals surface area contributed by atoms with Crippen molar-refractivity contribution in [2.24, 2.45) is 11.8 Å². The van der Waals surface area contributed by atoms with Gasteiger partial charge in [-0.1, -0.05) is 103 Å². The fraction of sp³-hybridized carbons (Fsp3) is 0.857. The summed E-state index contributed by atoms with van der Waals surface area (Å²) in [6.07, 6.45) is 24.0. The number of thiol groups is 1. The van der Waals surface area contributed by atoms with Crippen molar-refractivity contribution >= 4 is 54.4 Å². The van der Waals surface area contributed by atoms with Gasteiger partial charge in [0.05, 0.1) is 26.4 Å². The molecule has 1 fully saturated rings. The summed E-state index contributed by atoms with van der Waals surface area (Å²) in [5, 5.41) is 51.8. The predicted octanol–water partition coefficient (Wildman–Crippen LogP) is 5.38. The number of carbonyl (C=O) groups is 7. The molecule has 0 radical (unpaired) electrons. The summed E-state index contributed by atoms with van der Waals surface area (Å²) < 4.78 is 13.3. The molecule has 20 heteroatoms. The van der Waals surface area contributed by atoms with Gasteiger partial charge in [-0.25, -0.2) is 4.79 Å². The predicted molar refractivity (Wildman–Crippen MR) is 266 cm³/mol. The Hall–Kier alpha value is -3.56. The number of carbonyl (C=O) groups excluding carboxylic acids is 4. The van der Waals surface area contributed by atoms with E-state index in [2.05, 4.69) is 44.1 Å². The average molecular weight is 1000 g/mol. The third-order valence-electron chi connectivity index (χ3n) is 12.5. The minimum absolute atomic E-state index is 0.0263. The normalized spacial score (nSPS) is 16.0. The zero-order chi connectivity index (χ0) is 50.7. The third-order valence-corrected chi connectivity index (χ3v) is 12.8. The van der Waals surface area contributed by atoms with Gasteiger partial charge in [0.2, 0.25) is 23.6 Å². The molecule has 0 heterocycles. The number of aliphatic carboxylic acids is 3. The van der Waals surface area contributed by atoms with Crippen LogP contribution in [0.15, 0.2) is 0 Å². The number of amides is 4. The van der Waals surface area contributed by atoms with Gasteiger partial charge in [0.25, 0.3) is 0 Å². The van der Waals surface area contributed by atoms with Gasteiger partial charge in [0.1, 0.15) is 18.3 Å². The Morgan fingerprint density at radius 3 is 1.42 bits per heavy atom. The molecular weight excluding hydrogens is 913 g/mol. The molecule has 19 nitrogen and oxygen atoms in total. The summed E-state index contributed by atoms with van der Waals surface area (Å²) in [7, 11) is 0. The van der Waals surface area contributed by atoms with E-state index in [0.717, 1.165) is 51.4 Å². The van der Waals surface area contributed by atoms with Crippen LogP contribution < -0.4 is 31.3 Å². The molecule has 400 valence electrons. The first-order valence-corrected chi connectivity index (χ1v) is 26.5. The van der Waals surface area contributed by atoms with E-state index in [9.17, 15) is 43.8 Å². The highest BCUT2D eigenvalue weighted by atomic mass is 32.1. The molecule has 0 aromatic rings. The molecule has 1 aliphatic carbocycles. The van der Waals surface area contributed by atoms with E-state index in [1.807, 2.05) is 0 Å². The summed E-state index contributed by atoms with van der Waals surface area (Å²) in [4.78, 5) is 82.6. The Labute approximate surface area is 416 Å². The number of unbranched alkanes of at least 4 members (excludes halogenated alkanes) is 16. The molecule has 1 saturated carbocycles. The highest BCUT2D eigenvalue weighted by Gasteiger charge is 2.30. The van der Waals surface area contributed by atoms with Crippen LogP contribution in [0.5, 0.6) is 0 Å². The van der Waals surface area contributed by atoms with Gasteiger partial charge in [-0.05, 0) is 76.5 Å². The van der Waals surface area contributed by atoms with Gasteiger partial charge in [0.15, 0.2) is 0 Å². The molecule has 0 aliphatic heterocycles. The zero-order valence-electron chi connectivity index (χ0n) is 41.5. The minimum Gasteiger partial charge on any atom is -0.481 e. The summed E-state index contributed by atoms with van der Waals surface area (Å²) in [6.45, 7) is 2.53. The van der Waals surface area contributed by atoms with Crippen molar-refractivity contribution in [3.05, 3.63) is 0 Å². The fourth-order valence-corrected chi connectivity index (χ4v) is 8.47. The lowest BCUT2D eigenvalue weighted by molar-refractivity contribution is -0.143. The molecule has 4 amide bonds. The van der Waals surface area contributed by atoms with Crippen molar-refractivity contribution in [3.63, 3.8) is 0 Å². The maximum absolute atomic E-state index is 13.0. The van der Waals surface area contributed by atoms with Crippen molar-refractivity contribution < 1.29 is 63.5 Å². The number of rotatable bonds is 47. The van der Waals surface area contributed by atoms with Crippen molar-refractivity contribution in [1.29, 1.82) is 0 Å². The van der Waals surface area contributed by atoms with Crippen LogP contribution in [0.3, 0.4) is 0 Å². The zero-order valence-corrected chi connectivity index (χ0v) is 42.4. The Morgan fingerprint density at radius 1 is 0.493 bits per heavy atom. The third kappa shape index (κ3) is 37.9. The Bertz CT molecular complexity index is 1410. The first-order valence-electron chi connectivity index (χ1n) is 26.1. The van der Waals surface area contributed by atoms with Crippen LogP contribution in [0.4, 0.5) is 0 Å². The number of hydrogen-bond donors (Lipinski definition) is 11. The number of ether oxygens (including phenoxy) is 2. The van der Waals surface area contributed by atoms with E-state index in [1.165, 1.54) is 70.6 Å². The van der Waals surface area contributed by atoms with Gasteiger partial charge < -0.3 is 51.2 Å². The number of nitrogens with one attached hydrogen (secondary N) is 6. The second kappa shape index (κ2) is 43.2. The first kappa shape index (κ1) is 63.5. The molecule has 0 aromatic carbocycles. The summed E-state index contributed by atoms with van der Waals surface area (Å²) in [5.41, 5.74) is 0. The van der Waals surface area contributed by atoms with Crippen LogP contribution in [-0.4, -0.2) is 133 Å². The number of carboxylic acid groups (broad SMARTS) is 3. The quantitative estimate of drug-likeness (QED) is 0.0207. The first-order chi connectivity index (χ1) is 33.3. The van der Waals surface area contributed by atoms with E-state index in [-0.39, 0.29) is 94.7 Å². The van der Waals surface area contributed by atoms with Crippen LogP contribution in [0.25, 0.3) is 0 Å². The molecule has 3 atom stereocenters. The molecule has 1 rings (SSSR count). The van der Waals surface area contributed by atoms with Gasteiger partial charge >= 0.3 is 17.9 Å². The van der Waals surface area contributed by atoms with Crippen molar-refractivity contribution in [2.75, 3.05) is 52.6 Å². The monoisotopic (exact) mass is 1000 g/mol. The van der Waals surface area contributed by atoms with E-state index in [4.69, 9.17) is 19.7 Å². The van der Waals surface area contributed by atoms with Gasteiger partial charge in [-0.15, -0.1) is 0 Å². The SMILES string of the molecule is O=C(O)CCCCCCCCCCCCCCCCCCC(O)NCC1CCC(C(=O)N[C@@H](CCC(=O)NCCOCCOCCNC(=O)CCC(=O)NCCCC[C@H](NS)C(=O)O)C(=O)O)CC1. The lowest BCUT2D eigenvalue weighted by atomic mass is 9.81. The van der Waals surface area contributed by atoms with Gasteiger partial charge in [-0.3, -0.25) is 38.8 Å². The minimum atomic E-state index is -1.19. The number of aliphatic hydroxyl groups excluding tert-OH is 1. The Balaban J connectivity index is 2.00. The second-order valence-electron chi connectivity index (χ2n) is 18.5. The average Bonchev–Trinajstić information content (AvgIpc) is 3.32. The van der Waals surface area contributed by atoms with Crippen LogP contribution in [0, 0.1) is 11.8 Å². The van der Waals surface area contributed by atoms with Crippen LogP contribution in [-0.2, 0) is 43.0 Å². The Morgan fingerprint density at radius 2 is 0.942 bits per heavy atom. The number of hydrogen-bond acceptors (Lipinski definition) is 13. The molecule has 0 bridgehead atoms. The number of carboxylic acids is 3. The summed E-state index contributed by atoms with van der Waals surface area (Å²) in [6, 6.07) is -1.92. The maximum Gasteiger partial charge on any atom is 0.326 e. The summed E-state index contributed by atoms with van der Waals surface area (Å²) in [5.74, 6) is -4.02. The molecule has 0 aromatic heterocycles. The van der Waals surface area contributed by atoms with E-state index in [1.54, 1.807) is 0 Å². The van der Waals surface area contributed by atoms with Gasteiger partial charge in [-0.2, -0.15) is 0 Å². The van der Waals surface area contributed by atoms with Gasteiger partial charge in [0, 0.05) is 57.8 Å². The highest BCUT2D eigenvalue weighted by Crippen LogP contribution is 2.29. The standard InChI is InChI=1S/C49H90N6O13S/c56-42(20-15-13-11-9-7-5-3-1-2-4-6-8-10-12-14-16-21-46(60)61)53-37-38-22-24-39(25-23-38)47(62)54-40(48(63)64)26-27-43(57)51-31-33-67-35-36-68-34-32-52-45(59)29-28-44(58)50-30-18-17-19-41(55-69)49(65)66/h38-42,53,55-56,69H,1-37H2,(H,50,58)(H,51,57)(H,52,59)(H,54,62)(H,60,61)(H,63,64)(H,65,66)/t38?,39?,40-,41-,42?/m0/s1. The second-order valence-corrected chi connectivity index (χ2v) is 18.7. The van der Waals surface area contributed by atoms with E-state index in [0.29, 0.717) is 57.5 Å². The van der Waals surface area contributed by atoms with E-state index >= 15 is 0 Å². The van der Waals surface area contributed by atoms with Crippen molar-refractivity contribution in [1.82, 2.24) is 31.3 Å². The van der Waals surface area contributed by atoms with Crippen LogP contribution in [0.1, 0.15) is 186 Å². The maximum atomic E-state index is 13.0. The smallest absolute Gasteiger partial charge is 0.326 e. The Kier molecular flexibility index (Phi) is 39.8. The topological polar surface area (TPSA) is 291 Å². The molecule has 69 heavy (non-hydrogen) atoms. The molecule has 0 saturated heterocycles. The van der Waals surface area contributed by atoms with E-state index < -0.39 is 36.2 Å². The highest BCUT2D eigenvalue weighted by molar-refractivity contribution is 7.78. The lowest BCUT2D eigenvalue weighted by Crippen LogP contribution is -2.45. The lowest BCUT2D eigenvalue weighted by Gasteiger charge is -2.29.